The molecular weight excluding hydrogens is 344 g/mol. The van der Waals surface area contributed by atoms with E-state index in [4.69, 9.17) is 4.74 Å². The zero-order valence-electron chi connectivity index (χ0n) is 10.6. The molecule has 104 valence electrons. The molecule has 0 aliphatic rings. The molecule has 1 amide bonds. The first-order valence-corrected chi connectivity index (χ1v) is 7.46. The number of aromatic nitrogens is 1. The fourth-order valence-corrected chi connectivity index (χ4v) is 2.46. The van der Waals surface area contributed by atoms with Crippen molar-refractivity contribution in [2.75, 3.05) is 11.9 Å². The van der Waals surface area contributed by atoms with E-state index in [1.54, 1.807) is 30.5 Å². The van der Waals surface area contributed by atoms with Crippen LogP contribution in [0.15, 0.2) is 34.2 Å². The van der Waals surface area contributed by atoms with Gasteiger partial charge in [-0.25, -0.2) is 9.78 Å². The number of rotatable bonds is 4. The summed E-state index contributed by atoms with van der Waals surface area (Å²) in [6.45, 7) is 2.02. The molecule has 2 aromatic heterocycles. The number of hydrogen-bond acceptors (Lipinski definition) is 5. The van der Waals surface area contributed by atoms with Crippen LogP contribution in [-0.4, -0.2) is 23.5 Å². The summed E-state index contributed by atoms with van der Waals surface area (Å²) in [6, 6.07) is 4.94. The number of amides is 1. The quantitative estimate of drug-likeness (QED) is 0.855. The van der Waals surface area contributed by atoms with Gasteiger partial charge in [0, 0.05) is 10.7 Å². The van der Waals surface area contributed by atoms with E-state index >= 15 is 0 Å². The van der Waals surface area contributed by atoms with Gasteiger partial charge >= 0.3 is 5.97 Å². The number of carbonyl (C=O) groups excluding carboxylic acids is 2. The van der Waals surface area contributed by atoms with Crippen LogP contribution in [0.5, 0.6) is 0 Å². The Morgan fingerprint density at radius 1 is 1.40 bits per heavy atom. The highest BCUT2D eigenvalue weighted by Crippen LogP contribution is 2.24. The topological polar surface area (TPSA) is 68.3 Å². The number of nitrogens with one attached hydrogen (secondary N) is 1. The van der Waals surface area contributed by atoms with Crippen LogP contribution in [0.3, 0.4) is 0 Å². The van der Waals surface area contributed by atoms with Gasteiger partial charge in [-0.2, -0.15) is 0 Å². The SMILES string of the molecule is CCOC(=O)c1ccsc1NC(=O)c1ccc(Br)cn1. The molecule has 0 aliphatic carbocycles. The molecule has 2 heterocycles. The highest BCUT2D eigenvalue weighted by molar-refractivity contribution is 9.10. The molecule has 1 N–H and O–H groups in total. The molecule has 20 heavy (non-hydrogen) atoms. The van der Waals surface area contributed by atoms with Crippen LogP contribution in [0.4, 0.5) is 5.00 Å². The summed E-state index contributed by atoms with van der Waals surface area (Å²) in [6.07, 6.45) is 1.54. The second-order valence-corrected chi connectivity index (χ2v) is 5.53. The number of nitrogens with zero attached hydrogens (tertiary/aromatic N) is 1. The Morgan fingerprint density at radius 3 is 2.85 bits per heavy atom. The van der Waals surface area contributed by atoms with Crippen LogP contribution in [0.2, 0.25) is 0 Å². The molecule has 0 fully saturated rings. The van der Waals surface area contributed by atoms with E-state index in [-0.39, 0.29) is 18.2 Å². The van der Waals surface area contributed by atoms with Gasteiger partial charge in [-0.3, -0.25) is 4.79 Å². The van der Waals surface area contributed by atoms with E-state index in [1.807, 2.05) is 0 Å². The highest BCUT2D eigenvalue weighted by Gasteiger charge is 2.17. The summed E-state index contributed by atoms with van der Waals surface area (Å²) >= 11 is 4.51. The second-order valence-electron chi connectivity index (χ2n) is 3.70. The molecule has 0 spiro atoms. The van der Waals surface area contributed by atoms with E-state index < -0.39 is 5.97 Å². The van der Waals surface area contributed by atoms with Crippen molar-refractivity contribution in [1.29, 1.82) is 0 Å². The predicted molar refractivity (Wildman–Crippen MR) is 80.2 cm³/mol. The number of thiophene rings is 1. The lowest BCUT2D eigenvalue weighted by molar-refractivity contribution is 0.0528. The fourth-order valence-electron chi connectivity index (χ4n) is 1.45. The summed E-state index contributed by atoms with van der Waals surface area (Å²) in [7, 11) is 0. The van der Waals surface area contributed by atoms with Gasteiger partial charge in [0.1, 0.15) is 10.7 Å². The number of pyridine rings is 1. The zero-order valence-corrected chi connectivity index (χ0v) is 13.0. The molecule has 2 aromatic rings. The summed E-state index contributed by atoms with van der Waals surface area (Å²) in [4.78, 5) is 27.7. The third-order valence-corrected chi connectivity index (χ3v) is 3.65. The van der Waals surface area contributed by atoms with Gasteiger partial charge in [-0.1, -0.05) is 0 Å². The minimum absolute atomic E-state index is 0.274. The van der Waals surface area contributed by atoms with Crippen molar-refractivity contribution in [3.8, 4) is 0 Å². The second kappa shape index (κ2) is 6.62. The van der Waals surface area contributed by atoms with E-state index in [1.165, 1.54) is 17.5 Å². The maximum absolute atomic E-state index is 12.0. The average molecular weight is 355 g/mol. The Hall–Kier alpha value is -1.73. The molecule has 0 radical (unpaired) electrons. The highest BCUT2D eigenvalue weighted by atomic mass is 79.9. The lowest BCUT2D eigenvalue weighted by atomic mass is 10.3. The zero-order chi connectivity index (χ0) is 14.5. The monoisotopic (exact) mass is 354 g/mol. The lowest BCUT2D eigenvalue weighted by Crippen LogP contribution is -2.15. The van der Waals surface area contributed by atoms with Gasteiger partial charge in [0.2, 0.25) is 0 Å². The molecular formula is C13H11BrN2O3S. The third-order valence-electron chi connectivity index (χ3n) is 2.35. The molecule has 2 rings (SSSR count). The van der Waals surface area contributed by atoms with Gasteiger partial charge in [-0.15, -0.1) is 11.3 Å². The minimum atomic E-state index is -0.451. The van der Waals surface area contributed by atoms with E-state index in [0.29, 0.717) is 10.6 Å². The Bertz CT molecular complexity index is 625. The molecule has 0 saturated carbocycles. The predicted octanol–water partition coefficient (Wildman–Crippen LogP) is 3.33. The lowest BCUT2D eigenvalue weighted by Gasteiger charge is -2.05. The largest absolute Gasteiger partial charge is 0.462 e. The molecule has 0 aromatic carbocycles. The summed E-state index contributed by atoms with van der Waals surface area (Å²) in [5.41, 5.74) is 0.624. The van der Waals surface area contributed by atoms with Crippen LogP contribution in [-0.2, 0) is 4.74 Å². The van der Waals surface area contributed by atoms with Crippen molar-refractivity contribution >= 4 is 44.1 Å². The summed E-state index contributed by atoms with van der Waals surface area (Å²) in [5, 5.41) is 4.84. The van der Waals surface area contributed by atoms with Crippen LogP contribution in [0, 0.1) is 0 Å². The van der Waals surface area contributed by atoms with Gasteiger partial charge < -0.3 is 10.1 Å². The summed E-state index contributed by atoms with van der Waals surface area (Å²) in [5.74, 6) is -0.821. The van der Waals surface area contributed by atoms with Crippen LogP contribution in [0.25, 0.3) is 0 Å². The first-order valence-electron chi connectivity index (χ1n) is 5.79. The molecule has 0 saturated heterocycles. The number of esters is 1. The number of ether oxygens (including phenoxy) is 1. The van der Waals surface area contributed by atoms with Crippen LogP contribution >= 0.6 is 27.3 Å². The molecule has 0 aliphatic heterocycles. The van der Waals surface area contributed by atoms with Crippen molar-refractivity contribution < 1.29 is 14.3 Å². The van der Waals surface area contributed by atoms with Crippen molar-refractivity contribution in [2.24, 2.45) is 0 Å². The van der Waals surface area contributed by atoms with Gasteiger partial charge in [0.25, 0.3) is 5.91 Å². The Morgan fingerprint density at radius 2 is 2.20 bits per heavy atom. The average Bonchev–Trinajstić information content (AvgIpc) is 2.88. The van der Waals surface area contributed by atoms with Gasteiger partial charge in [0.05, 0.1) is 12.2 Å². The van der Waals surface area contributed by atoms with Crippen molar-refractivity contribution in [3.05, 3.63) is 45.5 Å². The number of hydrogen-bond donors (Lipinski definition) is 1. The minimum Gasteiger partial charge on any atom is -0.462 e. The Balaban J connectivity index is 2.14. The van der Waals surface area contributed by atoms with Crippen molar-refractivity contribution in [3.63, 3.8) is 0 Å². The first kappa shape index (κ1) is 14.7. The number of halogens is 1. The standard InChI is InChI=1S/C13H11BrN2O3S/c1-2-19-13(18)9-5-6-20-12(9)16-11(17)10-4-3-8(14)7-15-10/h3-7H,2H2,1H3,(H,16,17). The Kier molecular flexibility index (Phi) is 4.86. The molecule has 5 nitrogen and oxygen atoms in total. The maximum Gasteiger partial charge on any atom is 0.341 e. The Labute approximate surface area is 128 Å². The van der Waals surface area contributed by atoms with E-state index in [9.17, 15) is 9.59 Å². The molecule has 0 bridgehead atoms. The van der Waals surface area contributed by atoms with Gasteiger partial charge in [-0.05, 0) is 46.4 Å². The van der Waals surface area contributed by atoms with Crippen molar-refractivity contribution in [2.45, 2.75) is 6.92 Å². The van der Waals surface area contributed by atoms with E-state index in [0.717, 1.165) is 4.47 Å². The molecule has 0 unspecified atom stereocenters. The van der Waals surface area contributed by atoms with Crippen molar-refractivity contribution in [1.82, 2.24) is 4.98 Å². The van der Waals surface area contributed by atoms with Crippen LogP contribution in [0.1, 0.15) is 27.8 Å². The number of carbonyl (C=O) groups is 2. The smallest absolute Gasteiger partial charge is 0.341 e. The number of anilines is 1. The van der Waals surface area contributed by atoms with Gasteiger partial charge in [0.15, 0.2) is 0 Å². The first-order chi connectivity index (χ1) is 9.61. The summed E-state index contributed by atoms with van der Waals surface area (Å²) < 4.78 is 5.71. The fraction of sp³-hybridized carbons (Fsp3) is 0.154. The van der Waals surface area contributed by atoms with Crippen LogP contribution < -0.4 is 5.32 Å². The van der Waals surface area contributed by atoms with E-state index in [2.05, 4.69) is 26.2 Å². The third kappa shape index (κ3) is 3.43. The normalized spacial score (nSPS) is 10.1. The maximum atomic E-state index is 12.0. The molecule has 7 heteroatoms. The molecule has 0 atom stereocenters.